The fourth-order valence-electron chi connectivity index (χ4n) is 5.80. The molecule has 0 amide bonds. The predicted octanol–water partition coefficient (Wildman–Crippen LogP) is 0.405. The molecule has 3 heterocycles. The van der Waals surface area contributed by atoms with Crippen LogP contribution in [0.25, 0.3) is 11.0 Å². The Hall–Kier alpha value is -2.77. The third kappa shape index (κ3) is 10.9. The first-order chi connectivity index (χ1) is 24.1. The molecule has 0 spiro atoms. The van der Waals surface area contributed by atoms with Crippen LogP contribution in [0.15, 0.2) is 62.8 Å². The van der Waals surface area contributed by atoms with Crippen LogP contribution in [0.2, 0.25) is 0 Å². The lowest BCUT2D eigenvalue weighted by atomic mass is 9.94. The quantitative estimate of drug-likeness (QED) is 0.0864. The molecule has 0 saturated carbocycles. The molecule has 1 aromatic carbocycles. The van der Waals surface area contributed by atoms with Gasteiger partial charge in [0, 0.05) is 17.5 Å². The molecule has 4 rings (SSSR count). The van der Waals surface area contributed by atoms with Crippen molar-refractivity contribution in [3.05, 3.63) is 64.1 Å². The minimum absolute atomic E-state index is 0.321. The van der Waals surface area contributed by atoms with Crippen molar-refractivity contribution >= 4 is 11.0 Å². The number of benzene rings is 1. The maximum absolute atomic E-state index is 11.5. The third-order valence-electron chi connectivity index (χ3n) is 9.28. The van der Waals surface area contributed by atoms with Gasteiger partial charge in [-0.05, 0) is 77.7 Å². The average Bonchev–Trinajstić information content (AvgIpc) is 3.09. The van der Waals surface area contributed by atoms with Crippen molar-refractivity contribution in [3.63, 3.8) is 0 Å². The van der Waals surface area contributed by atoms with E-state index in [1.165, 1.54) is 6.07 Å². The van der Waals surface area contributed by atoms with Crippen molar-refractivity contribution in [1.82, 2.24) is 0 Å². The molecule has 15 nitrogen and oxygen atoms in total. The van der Waals surface area contributed by atoms with Gasteiger partial charge >= 0.3 is 5.63 Å². The summed E-state index contributed by atoms with van der Waals surface area (Å²) in [6.07, 6.45) is -9.91. The maximum Gasteiger partial charge on any atom is 0.336 e. The zero-order valence-corrected chi connectivity index (χ0v) is 29.3. The normalized spacial score (nSPS) is 31.5. The Morgan fingerprint density at radius 3 is 2.18 bits per heavy atom. The number of rotatable bonds is 16. The molecule has 286 valence electrons. The summed E-state index contributed by atoms with van der Waals surface area (Å²) in [6.45, 7) is 6.40. The summed E-state index contributed by atoms with van der Waals surface area (Å²) in [4.78, 5) is 11.5. The van der Waals surface area contributed by atoms with Crippen LogP contribution < -0.4 is 10.4 Å². The van der Waals surface area contributed by atoms with Crippen LogP contribution in [0, 0.1) is 0 Å². The Morgan fingerprint density at radius 2 is 1.47 bits per heavy atom. The number of aliphatic hydroxyl groups excluding tert-OH is 8. The monoisotopic (exact) mass is 724 g/mol. The first kappa shape index (κ1) is 41.0. The Labute approximate surface area is 295 Å². The van der Waals surface area contributed by atoms with E-state index in [4.69, 9.17) is 28.1 Å². The van der Waals surface area contributed by atoms with E-state index < -0.39 is 92.0 Å². The number of allylic oxidation sites excluding steroid dienone is 3. The van der Waals surface area contributed by atoms with Crippen molar-refractivity contribution in [1.29, 1.82) is 0 Å². The van der Waals surface area contributed by atoms with E-state index >= 15 is 0 Å². The minimum atomic E-state index is -1.71. The second-order valence-corrected chi connectivity index (χ2v) is 13.7. The molecule has 0 radical (unpaired) electrons. The van der Waals surface area contributed by atoms with Crippen LogP contribution in [-0.2, 0) is 18.9 Å². The summed E-state index contributed by atoms with van der Waals surface area (Å²) < 4.78 is 33.4. The van der Waals surface area contributed by atoms with Gasteiger partial charge in [-0.3, -0.25) is 0 Å². The van der Waals surface area contributed by atoms with Gasteiger partial charge in [0.25, 0.3) is 0 Å². The van der Waals surface area contributed by atoms with E-state index in [0.29, 0.717) is 30.8 Å². The smallest absolute Gasteiger partial charge is 0.336 e. The van der Waals surface area contributed by atoms with Gasteiger partial charge in [0.15, 0.2) is 12.6 Å². The summed E-state index contributed by atoms with van der Waals surface area (Å²) >= 11 is 0. The van der Waals surface area contributed by atoms with Crippen molar-refractivity contribution in [2.45, 2.75) is 126 Å². The Kier molecular flexibility index (Phi) is 14.7. The van der Waals surface area contributed by atoms with Crippen LogP contribution in [0.3, 0.4) is 0 Å². The van der Waals surface area contributed by atoms with Gasteiger partial charge in [0.05, 0.1) is 24.9 Å². The van der Waals surface area contributed by atoms with Crippen LogP contribution in [-0.4, -0.2) is 134 Å². The Morgan fingerprint density at radius 1 is 0.843 bits per heavy atom. The van der Waals surface area contributed by atoms with E-state index in [1.807, 2.05) is 32.1 Å². The molecule has 2 aliphatic rings. The molecule has 8 N–H and O–H groups in total. The van der Waals surface area contributed by atoms with Crippen molar-refractivity contribution < 1.29 is 69.0 Å². The molecule has 0 aliphatic carbocycles. The molecule has 15 heteroatoms. The first-order valence-corrected chi connectivity index (χ1v) is 17.1. The molecular weight excluding hydrogens is 672 g/mol. The first-order valence-electron chi connectivity index (χ1n) is 17.1. The summed E-state index contributed by atoms with van der Waals surface area (Å²) in [5.41, 5.74) is 0.984. The van der Waals surface area contributed by atoms with Crippen LogP contribution in [0.5, 0.6) is 5.75 Å². The van der Waals surface area contributed by atoms with E-state index in [9.17, 15) is 45.6 Å². The fourth-order valence-corrected chi connectivity index (χ4v) is 5.80. The molecule has 2 aliphatic heterocycles. The minimum Gasteiger partial charge on any atom is -0.489 e. The van der Waals surface area contributed by atoms with E-state index in [-0.39, 0.29) is 0 Å². The molecule has 2 fully saturated rings. The molecule has 2 saturated heterocycles. The van der Waals surface area contributed by atoms with E-state index in [0.717, 1.165) is 29.4 Å². The summed E-state index contributed by atoms with van der Waals surface area (Å²) in [7, 11) is 0. The van der Waals surface area contributed by atoms with Crippen molar-refractivity contribution in [2.75, 3.05) is 19.8 Å². The van der Waals surface area contributed by atoms with Gasteiger partial charge in [-0.1, -0.05) is 17.2 Å². The second kappa shape index (κ2) is 18.3. The van der Waals surface area contributed by atoms with Gasteiger partial charge in [-0.2, -0.15) is 0 Å². The number of aliphatic hydroxyl groups is 8. The van der Waals surface area contributed by atoms with Gasteiger partial charge in [0.2, 0.25) is 0 Å². The van der Waals surface area contributed by atoms with Crippen LogP contribution in [0.1, 0.15) is 53.4 Å². The summed E-state index contributed by atoms with van der Waals surface area (Å²) in [5, 5.41) is 83.1. The highest BCUT2D eigenvalue weighted by Crippen LogP contribution is 2.30. The highest BCUT2D eigenvalue weighted by Gasteiger charge is 2.49. The second-order valence-electron chi connectivity index (χ2n) is 13.7. The van der Waals surface area contributed by atoms with Crippen molar-refractivity contribution in [3.8, 4) is 5.75 Å². The number of hydrogen-bond acceptors (Lipinski definition) is 15. The van der Waals surface area contributed by atoms with Gasteiger partial charge in [-0.25, -0.2) is 4.79 Å². The lowest BCUT2D eigenvalue weighted by molar-refractivity contribution is -0.347. The molecule has 11 atom stereocenters. The summed E-state index contributed by atoms with van der Waals surface area (Å²) in [6, 6.07) is 8.41. The van der Waals surface area contributed by atoms with Crippen molar-refractivity contribution in [2.24, 2.45) is 0 Å². The van der Waals surface area contributed by atoms with Gasteiger partial charge in [0.1, 0.15) is 66.8 Å². The lowest BCUT2D eigenvalue weighted by Crippen LogP contribution is -2.62. The number of ether oxygens (including phenoxy) is 5. The predicted molar refractivity (Wildman–Crippen MR) is 182 cm³/mol. The largest absolute Gasteiger partial charge is 0.489 e. The Bertz CT molecular complexity index is 1520. The average molecular weight is 725 g/mol. The number of fused-ring (bicyclic) bond motifs is 1. The molecule has 0 bridgehead atoms. The van der Waals surface area contributed by atoms with E-state index in [2.05, 4.69) is 6.08 Å². The topological polar surface area (TPSA) is 238 Å². The zero-order valence-electron chi connectivity index (χ0n) is 29.3. The summed E-state index contributed by atoms with van der Waals surface area (Å²) in [5.74, 6) is 0.598. The van der Waals surface area contributed by atoms with Crippen LogP contribution >= 0.6 is 0 Å². The SMILES string of the molecule is C/C(=C\COc1ccc2ccc(=O)oc2c1)CC/C=C(\C)CCC(O)C(C)(C)O[C@@H]1O[C@H](CO[C@@H]2O[C@H](CO)[C@@H](O)[C@H](O)[C@H]2O)[C@@H](O)[C@H](O)[C@H]1O. The molecule has 2 aromatic rings. The standard InChI is InChI=1S/C36H52O15/c1-19(6-5-7-20(2)14-15-46-22-11-9-21-10-13-27(39)48-23(21)16-22)8-12-26(38)36(3,4)51-35-33(45)31(43)29(41)25(50-35)18-47-34-32(44)30(42)28(40)24(17-37)49-34/h6,9-11,13-14,16,24-26,28-35,37-38,40-45H,5,7-8,12,15,17-18H2,1-4H3/b19-6+,20-14+/t24-,25-,26?,28-,29-,30+,31+,32-,33-,34-,35+/m1/s1. The zero-order chi connectivity index (χ0) is 37.5. The lowest BCUT2D eigenvalue weighted by Gasteiger charge is -2.45. The van der Waals surface area contributed by atoms with Crippen LogP contribution in [0.4, 0.5) is 0 Å². The number of hydrogen-bond donors (Lipinski definition) is 8. The molecule has 51 heavy (non-hydrogen) atoms. The highest BCUT2D eigenvalue weighted by molar-refractivity contribution is 5.77. The molecular formula is C36H52O15. The van der Waals surface area contributed by atoms with Gasteiger partial charge in [-0.15, -0.1) is 0 Å². The molecule has 1 unspecified atom stereocenters. The molecule has 1 aromatic heterocycles. The fraction of sp³-hybridized carbons (Fsp3) is 0.639. The van der Waals surface area contributed by atoms with E-state index in [1.54, 1.807) is 26.0 Å². The maximum atomic E-state index is 11.5. The van der Waals surface area contributed by atoms with Gasteiger partial charge < -0.3 is 69.0 Å². The highest BCUT2D eigenvalue weighted by atomic mass is 16.7. The third-order valence-corrected chi connectivity index (χ3v) is 9.28. The Balaban J connectivity index is 1.22.